The lowest BCUT2D eigenvalue weighted by molar-refractivity contribution is 0.0987. The molecule has 1 aromatic heterocycles. The summed E-state index contributed by atoms with van der Waals surface area (Å²) in [4.78, 5) is 18.7. The first-order valence-electron chi connectivity index (χ1n) is 13.5. The molecule has 0 spiro atoms. The molecule has 4 aromatic rings. The Hall–Kier alpha value is -3.52. The Balaban J connectivity index is 1.74. The number of rotatable bonds is 13. The monoisotopic (exact) mass is 688 g/mol. The van der Waals surface area contributed by atoms with Gasteiger partial charge in [0.1, 0.15) is 0 Å². The molecule has 1 amide bonds. The summed E-state index contributed by atoms with van der Waals surface area (Å²) in [6, 6.07) is 15.0. The summed E-state index contributed by atoms with van der Waals surface area (Å²) in [5.74, 6) is 0.814. The van der Waals surface area contributed by atoms with Crippen LogP contribution in [0.2, 0.25) is 0 Å². The fourth-order valence-corrected chi connectivity index (χ4v) is 7.46. The van der Waals surface area contributed by atoms with Crippen LogP contribution in [-0.2, 0) is 10.0 Å². The quantitative estimate of drug-likeness (QED) is 0.115. The number of methoxy groups -OCH3 is 3. The van der Waals surface area contributed by atoms with Crippen LogP contribution < -0.4 is 19.2 Å². The van der Waals surface area contributed by atoms with Crippen LogP contribution in [0.4, 0.5) is 5.13 Å². The van der Waals surface area contributed by atoms with Gasteiger partial charge in [-0.25, -0.2) is 13.4 Å². The minimum atomic E-state index is -3.70. The number of nitrogens with zero attached hydrogens (tertiary/aromatic N) is 4. The van der Waals surface area contributed by atoms with Crippen LogP contribution in [0.15, 0.2) is 69.1 Å². The number of hydrogen-bond acceptors (Lipinski definition) is 9. The largest absolute Gasteiger partial charge is 0.493 e. The summed E-state index contributed by atoms with van der Waals surface area (Å²) in [6.07, 6.45) is 2.90. The van der Waals surface area contributed by atoms with Gasteiger partial charge in [0, 0.05) is 28.7 Å². The number of anilines is 1. The Morgan fingerprint density at radius 1 is 0.953 bits per heavy atom. The maximum absolute atomic E-state index is 13.9. The molecule has 0 unspecified atom stereocenters. The number of benzene rings is 3. The van der Waals surface area contributed by atoms with E-state index in [1.54, 1.807) is 12.1 Å². The van der Waals surface area contributed by atoms with Gasteiger partial charge in [-0.3, -0.25) is 4.79 Å². The topological polar surface area (TPSA) is 111 Å². The Kier molecular flexibility index (Phi) is 10.8. The lowest BCUT2D eigenvalue weighted by Gasteiger charge is -2.21. The number of hydrogen-bond donors (Lipinski definition) is 0. The molecule has 0 aliphatic rings. The van der Waals surface area contributed by atoms with Crippen LogP contribution in [-0.4, -0.2) is 64.2 Å². The Labute approximate surface area is 264 Å². The smallest absolute Gasteiger partial charge is 0.280 e. The highest BCUT2D eigenvalue weighted by Crippen LogP contribution is 2.38. The summed E-state index contributed by atoms with van der Waals surface area (Å²) >= 11 is 4.78. The van der Waals surface area contributed by atoms with Crippen molar-refractivity contribution in [1.29, 1.82) is 0 Å². The molecule has 0 saturated heterocycles. The molecule has 43 heavy (non-hydrogen) atoms. The molecule has 1 heterocycles. The summed E-state index contributed by atoms with van der Waals surface area (Å²) in [7, 11) is 0.848. The lowest BCUT2D eigenvalue weighted by atomic mass is 10.2. The predicted molar refractivity (Wildman–Crippen MR) is 174 cm³/mol. The average molecular weight is 690 g/mol. The Morgan fingerprint density at radius 3 is 2.14 bits per heavy atom. The van der Waals surface area contributed by atoms with Gasteiger partial charge in [-0.2, -0.15) is 14.4 Å². The SMILES string of the molecule is CCCN(CCC)S(=O)(=O)c1ccc(C(=O)N(/N=C/c2cc(OC)c(OC)c(OC)c2)c2nc3ccc(Br)cc3s2)cc1. The zero-order valence-corrected chi connectivity index (χ0v) is 27.8. The fourth-order valence-electron chi connectivity index (χ4n) is 4.36. The van der Waals surface area contributed by atoms with Gasteiger partial charge in [0.25, 0.3) is 5.91 Å². The maximum atomic E-state index is 13.9. The first-order valence-corrected chi connectivity index (χ1v) is 16.6. The normalized spacial score (nSPS) is 11.8. The summed E-state index contributed by atoms with van der Waals surface area (Å²) in [6.45, 7) is 4.73. The van der Waals surface area contributed by atoms with Crippen molar-refractivity contribution < 1.29 is 27.4 Å². The highest BCUT2D eigenvalue weighted by Gasteiger charge is 2.25. The van der Waals surface area contributed by atoms with Gasteiger partial charge < -0.3 is 14.2 Å². The van der Waals surface area contributed by atoms with Crippen molar-refractivity contribution in [2.45, 2.75) is 31.6 Å². The van der Waals surface area contributed by atoms with Gasteiger partial charge in [-0.05, 0) is 67.4 Å². The van der Waals surface area contributed by atoms with E-state index in [-0.39, 0.29) is 10.5 Å². The molecule has 0 fully saturated rings. The van der Waals surface area contributed by atoms with E-state index >= 15 is 0 Å². The second-order valence-electron chi connectivity index (χ2n) is 9.36. The van der Waals surface area contributed by atoms with Crippen molar-refractivity contribution in [2.24, 2.45) is 5.10 Å². The molecule has 10 nitrogen and oxygen atoms in total. The molecule has 0 N–H and O–H groups in total. The molecule has 0 aliphatic carbocycles. The number of sulfonamides is 1. The molecule has 4 rings (SSSR count). The Bertz CT molecular complexity index is 1690. The Morgan fingerprint density at radius 2 is 1.58 bits per heavy atom. The molecule has 0 radical (unpaired) electrons. The number of aromatic nitrogens is 1. The van der Waals surface area contributed by atoms with Crippen molar-refractivity contribution in [3.63, 3.8) is 0 Å². The first-order chi connectivity index (χ1) is 20.7. The van der Waals surface area contributed by atoms with Gasteiger partial charge in [0.2, 0.25) is 20.9 Å². The predicted octanol–water partition coefficient (Wildman–Crippen LogP) is 6.58. The van der Waals surface area contributed by atoms with Crippen molar-refractivity contribution in [3.8, 4) is 17.2 Å². The third-order valence-corrected chi connectivity index (χ3v) is 9.81. The van der Waals surface area contributed by atoms with Crippen LogP contribution in [0.3, 0.4) is 0 Å². The minimum Gasteiger partial charge on any atom is -0.493 e. The second-order valence-corrected chi connectivity index (χ2v) is 13.2. The highest BCUT2D eigenvalue weighted by molar-refractivity contribution is 9.10. The standard InChI is InChI=1S/C30H33BrN4O6S2/c1-6-14-34(15-7-2)43(37,38)23-11-8-21(9-12-23)29(36)35(30-33-24-13-10-22(31)18-27(24)42-30)32-19-20-16-25(39-3)28(41-5)26(17-20)40-4/h8-13,16-19H,6-7,14-15H2,1-5H3/b32-19+. The lowest BCUT2D eigenvalue weighted by Crippen LogP contribution is -2.32. The average Bonchev–Trinajstić information content (AvgIpc) is 3.43. The van der Waals surface area contributed by atoms with Crippen molar-refractivity contribution in [1.82, 2.24) is 9.29 Å². The zero-order valence-electron chi connectivity index (χ0n) is 24.5. The maximum Gasteiger partial charge on any atom is 0.280 e. The number of ether oxygens (including phenoxy) is 3. The molecule has 228 valence electrons. The molecular formula is C30H33BrN4O6S2. The number of halogens is 1. The second kappa shape index (κ2) is 14.3. The van der Waals surface area contributed by atoms with E-state index < -0.39 is 15.9 Å². The van der Waals surface area contributed by atoms with E-state index in [1.165, 1.54) is 72.5 Å². The third kappa shape index (κ3) is 7.18. The molecule has 13 heteroatoms. The van der Waals surface area contributed by atoms with Gasteiger partial charge in [-0.1, -0.05) is 41.1 Å². The van der Waals surface area contributed by atoms with Gasteiger partial charge in [-0.15, -0.1) is 0 Å². The number of carbonyl (C=O) groups is 1. The van der Waals surface area contributed by atoms with Crippen molar-refractivity contribution >= 4 is 64.8 Å². The number of amides is 1. The number of fused-ring (bicyclic) bond motifs is 1. The minimum absolute atomic E-state index is 0.128. The van der Waals surface area contributed by atoms with Crippen molar-refractivity contribution in [3.05, 3.63) is 70.2 Å². The van der Waals surface area contributed by atoms with E-state index in [4.69, 9.17) is 14.2 Å². The van der Waals surface area contributed by atoms with Gasteiger partial charge in [0.05, 0.1) is 42.7 Å². The third-order valence-electron chi connectivity index (χ3n) is 6.41. The van der Waals surface area contributed by atoms with E-state index in [0.29, 0.717) is 59.4 Å². The summed E-state index contributed by atoms with van der Waals surface area (Å²) in [5.41, 5.74) is 1.54. The first kappa shape index (κ1) is 32.4. The molecule has 0 saturated carbocycles. The number of carbonyl (C=O) groups excluding carboxylic acids is 1. The fraction of sp³-hybridized carbons (Fsp3) is 0.300. The van der Waals surface area contributed by atoms with E-state index in [2.05, 4.69) is 26.0 Å². The van der Waals surface area contributed by atoms with Crippen LogP contribution in [0.5, 0.6) is 17.2 Å². The van der Waals surface area contributed by atoms with Crippen molar-refractivity contribution in [2.75, 3.05) is 39.4 Å². The van der Waals surface area contributed by atoms with Crippen LogP contribution >= 0.6 is 27.3 Å². The van der Waals surface area contributed by atoms with E-state index in [9.17, 15) is 13.2 Å². The van der Waals surface area contributed by atoms with Crippen LogP contribution in [0.25, 0.3) is 10.2 Å². The zero-order chi connectivity index (χ0) is 31.1. The summed E-state index contributed by atoms with van der Waals surface area (Å²) in [5, 5.41) is 6.07. The van der Waals surface area contributed by atoms with Gasteiger partial charge in [0.15, 0.2) is 11.5 Å². The van der Waals surface area contributed by atoms with E-state index in [1.807, 2.05) is 32.0 Å². The van der Waals surface area contributed by atoms with Gasteiger partial charge >= 0.3 is 0 Å². The van der Waals surface area contributed by atoms with Crippen LogP contribution in [0, 0.1) is 0 Å². The number of thiazole rings is 1. The van der Waals surface area contributed by atoms with Crippen LogP contribution in [0.1, 0.15) is 42.6 Å². The summed E-state index contributed by atoms with van der Waals surface area (Å²) < 4.78 is 46.0. The molecule has 0 bridgehead atoms. The highest BCUT2D eigenvalue weighted by atomic mass is 79.9. The molecule has 3 aromatic carbocycles. The molecular weight excluding hydrogens is 656 g/mol. The molecule has 0 aliphatic heterocycles. The number of hydrazone groups is 1. The molecule has 0 atom stereocenters. The van der Waals surface area contributed by atoms with E-state index in [0.717, 1.165) is 9.17 Å².